The highest BCUT2D eigenvalue weighted by molar-refractivity contribution is 7.93. The summed E-state index contributed by atoms with van der Waals surface area (Å²) in [5.41, 5.74) is 4.25. The Labute approximate surface area is 232 Å². The Morgan fingerprint density at radius 1 is 0.975 bits per heavy atom. The van der Waals surface area contributed by atoms with Gasteiger partial charge in [0.2, 0.25) is 0 Å². The highest BCUT2D eigenvalue weighted by atomic mass is 32.2. The lowest BCUT2D eigenvalue weighted by atomic mass is 10.0. The second-order valence-corrected chi connectivity index (χ2v) is 12.0. The van der Waals surface area contributed by atoms with Gasteiger partial charge in [0.05, 0.1) is 33.1 Å². The molecule has 2 N–H and O–H groups in total. The zero-order chi connectivity index (χ0) is 28.7. The predicted molar refractivity (Wildman–Crippen MR) is 152 cm³/mol. The molecule has 0 fully saturated rings. The summed E-state index contributed by atoms with van der Waals surface area (Å²) < 4.78 is 22.1. The third-order valence-electron chi connectivity index (χ3n) is 5.95. The molecule has 2 aromatic heterocycles. The number of aromatic nitrogens is 2. The zero-order valence-corrected chi connectivity index (χ0v) is 22.9. The largest absolute Gasteiger partial charge is 0.481 e. The van der Waals surface area contributed by atoms with Gasteiger partial charge in [0.1, 0.15) is 17.3 Å². The van der Waals surface area contributed by atoms with Crippen LogP contribution in [0.2, 0.25) is 0 Å². The maximum atomic E-state index is 12.5. The predicted octanol–water partition coefficient (Wildman–Crippen LogP) is 5.24. The lowest BCUT2D eigenvalue weighted by Gasteiger charge is -2.08. The average molecular weight is 560 g/mol. The van der Waals surface area contributed by atoms with E-state index < -0.39 is 21.6 Å². The van der Waals surface area contributed by atoms with Crippen LogP contribution in [0.1, 0.15) is 33.5 Å². The standard InChI is InChI=1S/C30H29N3O6S/c1-20-4-3-5-22(14-20)16-24(34)15-21-6-8-25(9-7-21)39-26-10-12-31-28(18-26)27-17-23(19-32-27)30(37)33-40(2,38)13-11-29(35)36/h3-10,12,14,17-19,32H,11,13,15-16H2,1-2H3,(H,35,36). The number of hydrogen-bond donors (Lipinski definition) is 2. The second-order valence-electron chi connectivity index (χ2n) is 9.51. The van der Waals surface area contributed by atoms with Crippen LogP contribution in [0, 0.1) is 6.92 Å². The van der Waals surface area contributed by atoms with Gasteiger partial charge in [-0.25, -0.2) is 4.21 Å². The van der Waals surface area contributed by atoms with Crippen LogP contribution in [0.15, 0.2) is 83.5 Å². The number of nitrogens with one attached hydrogen (secondary N) is 1. The van der Waals surface area contributed by atoms with Gasteiger partial charge in [-0.2, -0.15) is 4.36 Å². The Morgan fingerprint density at radius 3 is 2.45 bits per heavy atom. The number of ether oxygens (including phenoxy) is 1. The summed E-state index contributed by atoms with van der Waals surface area (Å²) in [6.45, 7) is 2.01. The number of ketones is 1. The normalized spacial score (nSPS) is 12.3. The molecule has 206 valence electrons. The van der Waals surface area contributed by atoms with Crippen LogP contribution in [0.3, 0.4) is 0 Å². The zero-order valence-electron chi connectivity index (χ0n) is 22.1. The first kappa shape index (κ1) is 28.4. The third-order valence-corrected chi connectivity index (χ3v) is 7.47. The fourth-order valence-corrected chi connectivity index (χ4v) is 5.09. The van der Waals surface area contributed by atoms with Crippen LogP contribution in [0.25, 0.3) is 11.4 Å². The molecule has 0 aliphatic rings. The van der Waals surface area contributed by atoms with Gasteiger partial charge in [-0.1, -0.05) is 42.0 Å². The average Bonchev–Trinajstić information content (AvgIpc) is 3.40. The number of carbonyl (C=O) groups is 3. The fraction of sp³-hybridized carbons (Fsp3) is 0.200. The number of carboxylic acids is 1. The molecule has 9 nitrogen and oxygen atoms in total. The number of H-pyrrole nitrogens is 1. The van der Waals surface area contributed by atoms with Crippen LogP contribution < -0.4 is 4.74 Å². The van der Waals surface area contributed by atoms with Gasteiger partial charge in [0, 0.05) is 43.3 Å². The molecule has 2 heterocycles. The molecular weight excluding hydrogens is 530 g/mol. The summed E-state index contributed by atoms with van der Waals surface area (Å²) in [6.07, 6.45) is 4.65. The van der Waals surface area contributed by atoms with Crippen molar-refractivity contribution in [3.63, 3.8) is 0 Å². The van der Waals surface area contributed by atoms with Crippen molar-refractivity contribution >= 4 is 27.4 Å². The molecule has 1 atom stereocenters. The number of carbonyl (C=O) groups excluding carboxylic acids is 2. The van der Waals surface area contributed by atoms with E-state index in [4.69, 9.17) is 9.84 Å². The van der Waals surface area contributed by atoms with Crippen molar-refractivity contribution < 1.29 is 28.4 Å². The molecular formula is C30H29N3O6S. The summed E-state index contributed by atoms with van der Waals surface area (Å²) in [5.74, 6) is -0.773. The number of aryl methyl sites for hydroxylation is 1. The lowest BCUT2D eigenvalue weighted by Crippen LogP contribution is -2.10. The van der Waals surface area contributed by atoms with Gasteiger partial charge in [-0.05, 0) is 42.3 Å². The van der Waals surface area contributed by atoms with E-state index in [1.807, 2.05) is 43.3 Å². The summed E-state index contributed by atoms with van der Waals surface area (Å²) in [6, 6.07) is 20.2. The van der Waals surface area contributed by atoms with Crippen LogP contribution >= 0.6 is 0 Å². The Bertz CT molecular complexity index is 1670. The number of amides is 1. The molecule has 0 spiro atoms. The molecule has 0 saturated carbocycles. The molecule has 0 saturated heterocycles. The second kappa shape index (κ2) is 12.5. The van der Waals surface area contributed by atoms with Crippen molar-refractivity contribution in [3.8, 4) is 22.9 Å². The first-order valence-corrected chi connectivity index (χ1v) is 14.6. The minimum atomic E-state index is -2.97. The molecule has 2 aromatic carbocycles. The van der Waals surface area contributed by atoms with Crippen molar-refractivity contribution in [3.05, 3.63) is 101 Å². The topological polar surface area (TPSA) is 139 Å². The number of Topliss-reactive ketones (excluding diaryl/α,β-unsaturated/α-hetero) is 1. The van der Waals surface area contributed by atoms with Crippen molar-refractivity contribution in [1.29, 1.82) is 0 Å². The molecule has 0 bridgehead atoms. The minimum absolute atomic E-state index is 0.135. The number of aromatic amines is 1. The van der Waals surface area contributed by atoms with Crippen LogP contribution in [0.5, 0.6) is 11.5 Å². The number of carboxylic acid groups (broad SMARTS) is 1. The number of benzene rings is 2. The number of aliphatic carboxylic acids is 1. The monoisotopic (exact) mass is 559 g/mol. The van der Waals surface area contributed by atoms with Gasteiger partial charge in [0.15, 0.2) is 0 Å². The molecule has 40 heavy (non-hydrogen) atoms. The van der Waals surface area contributed by atoms with Crippen LogP contribution in [0.4, 0.5) is 0 Å². The smallest absolute Gasteiger partial charge is 0.304 e. The highest BCUT2D eigenvalue weighted by Gasteiger charge is 2.14. The van der Waals surface area contributed by atoms with Crippen molar-refractivity contribution in [2.75, 3.05) is 12.0 Å². The maximum absolute atomic E-state index is 12.5. The van der Waals surface area contributed by atoms with E-state index in [1.165, 1.54) is 18.5 Å². The summed E-state index contributed by atoms with van der Waals surface area (Å²) in [4.78, 5) is 43.0. The molecule has 0 aliphatic heterocycles. The van der Waals surface area contributed by atoms with Crippen molar-refractivity contribution in [2.45, 2.75) is 26.2 Å². The van der Waals surface area contributed by atoms with Crippen molar-refractivity contribution in [1.82, 2.24) is 9.97 Å². The quantitative estimate of drug-likeness (QED) is 0.256. The van der Waals surface area contributed by atoms with Crippen LogP contribution in [-0.2, 0) is 32.2 Å². The summed E-state index contributed by atoms with van der Waals surface area (Å²) in [5, 5.41) is 8.78. The van der Waals surface area contributed by atoms with E-state index >= 15 is 0 Å². The maximum Gasteiger partial charge on any atom is 0.304 e. The Balaban J connectivity index is 1.38. The molecule has 4 rings (SSSR count). The van der Waals surface area contributed by atoms with E-state index in [1.54, 1.807) is 30.5 Å². The van der Waals surface area contributed by atoms with Gasteiger partial charge < -0.3 is 14.8 Å². The van der Waals surface area contributed by atoms with Crippen LogP contribution in [-0.4, -0.2) is 49.0 Å². The van der Waals surface area contributed by atoms with Gasteiger partial charge in [-0.15, -0.1) is 0 Å². The van der Waals surface area contributed by atoms with E-state index in [0.717, 1.165) is 16.7 Å². The Hall–Kier alpha value is -4.57. The fourth-order valence-electron chi connectivity index (χ4n) is 3.99. The minimum Gasteiger partial charge on any atom is -0.481 e. The van der Waals surface area contributed by atoms with E-state index in [-0.39, 0.29) is 23.5 Å². The van der Waals surface area contributed by atoms with Gasteiger partial charge in [0.25, 0.3) is 5.91 Å². The number of pyridine rings is 1. The molecule has 4 aromatic rings. The molecule has 1 amide bonds. The van der Waals surface area contributed by atoms with E-state index in [2.05, 4.69) is 14.3 Å². The first-order chi connectivity index (χ1) is 19.1. The summed E-state index contributed by atoms with van der Waals surface area (Å²) in [7, 11) is -2.97. The SMILES string of the molecule is Cc1cccc(CC(=O)Cc2ccc(Oc3ccnc(-c4cc(C(=O)N=S(C)(=O)CCC(=O)O)c[nH]4)c3)cc2)c1. The number of hydrogen-bond acceptors (Lipinski definition) is 6. The molecule has 0 radical (unpaired) electrons. The molecule has 1 unspecified atom stereocenters. The molecule has 10 heteroatoms. The first-order valence-electron chi connectivity index (χ1n) is 12.5. The third kappa shape index (κ3) is 8.21. The number of rotatable bonds is 11. The number of nitrogens with zero attached hydrogens (tertiary/aromatic N) is 2. The van der Waals surface area contributed by atoms with Crippen molar-refractivity contribution in [2.24, 2.45) is 4.36 Å². The van der Waals surface area contributed by atoms with E-state index in [0.29, 0.717) is 35.7 Å². The summed E-state index contributed by atoms with van der Waals surface area (Å²) >= 11 is 0. The Kier molecular flexibility index (Phi) is 8.90. The van der Waals surface area contributed by atoms with Gasteiger partial charge >= 0.3 is 5.97 Å². The molecule has 0 aliphatic carbocycles. The van der Waals surface area contributed by atoms with E-state index in [9.17, 15) is 18.6 Å². The highest BCUT2D eigenvalue weighted by Crippen LogP contribution is 2.26. The Morgan fingerprint density at radius 2 is 1.73 bits per heavy atom. The lowest BCUT2D eigenvalue weighted by molar-refractivity contribution is -0.136. The van der Waals surface area contributed by atoms with Gasteiger partial charge in [-0.3, -0.25) is 19.4 Å².